The lowest BCUT2D eigenvalue weighted by atomic mass is 9.84. The number of esters is 3. The third-order valence-electron chi connectivity index (χ3n) is 20.0. The molecule has 3 aromatic heterocycles. The molecular formula is C99H147N9O30. The van der Waals surface area contributed by atoms with Crippen LogP contribution < -0.4 is 0 Å². The smallest absolute Gasteiger partial charge is 0.306 e. The van der Waals surface area contributed by atoms with Gasteiger partial charge in [-0.05, 0) is 107 Å². The van der Waals surface area contributed by atoms with Crippen LogP contribution in [0, 0.1) is 0 Å². The molecule has 0 radical (unpaired) electrons. The van der Waals surface area contributed by atoms with Crippen LogP contribution in [0.25, 0.3) is 50.2 Å². The monoisotopic (exact) mass is 1940 g/mol. The van der Waals surface area contributed by atoms with E-state index in [1.807, 2.05) is 172 Å². The first-order valence-corrected chi connectivity index (χ1v) is 47.1. The predicted molar refractivity (Wildman–Crippen MR) is 512 cm³/mol. The fraction of sp³-hybridized carbons (Fsp3) is 0.606. The van der Waals surface area contributed by atoms with Crippen molar-refractivity contribution < 1.29 is 144 Å². The number of carbonyl (C=O) groups excluding carboxylic acids is 3. The van der Waals surface area contributed by atoms with E-state index < -0.39 is 0 Å². The number of fused-ring (bicyclic) bond motifs is 3. The summed E-state index contributed by atoms with van der Waals surface area (Å²) in [6.45, 7) is 34.0. The number of hydrogen-bond acceptors (Lipinski definition) is 36. The molecule has 0 spiro atoms. The highest BCUT2D eigenvalue weighted by Gasteiger charge is 2.28. The zero-order valence-electron chi connectivity index (χ0n) is 81.8. The molecule has 0 bridgehead atoms. The first kappa shape index (κ1) is 115. The van der Waals surface area contributed by atoms with E-state index in [0.717, 1.165) is 66.5 Å². The Morgan fingerprint density at radius 1 is 0.239 bits per heavy atom. The van der Waals surface area contributed by atoms with Gasteiger partial charge in [-0.15, -0.1) is 45.0 Å². The van der Waals surface area contributed by atoms with Crippen molar-refractivity contribution in [2.24, 2.45) is 0 Å². The lowest BCUT2D eigenvalue weighted by Crippen LogP contribution is -2.16. The molecule has 0 fully saturated rings. The summed E-state index contributed by atoms with van der Waals surface area (Å²) >= 11 is 0. The minimum atomic E-state index is -0.351. The van der Waals surface area contributed by atoms with Gasteiger partial charge < -0.3 is 130 Å². The van der Waals surface area contributed by atoms with Crippen molar-refractivity contribution in [3.63, 3.8) is 0 Å². The number of aromatic hydroxyl groups is 3. The van der Waals surface area contributed by atoms with Gasteiger partial charge in [-0.25, -0.2) is 0 Å². The topological polar surface area (TPSA) is 459 Å². The number of aryl methyl sites for hydroxylation is 3. The van der Waals surface area contributed by atoms with Crippen molar-refractivity contribution in [2.75, 3.05) is 277 Å². The zero-order chi connectivity index (χ0) is 99.1. The number of nitrogens with zero attached hydrogens (tertiary/aromatic N) is 9. The lowest BCUT2D eigenvalue weighted by Gasteiger charge is -2.23. The number of aliphatic hydroxyl groups is 3. The molecular weight excluding hydrogens is 1800 g/mol. The Bertz CT molecular complexity index is 4530. The van der Waals surface area contributed by atoms with Gasteiger partial charge in [0.25, 0.3) is 0 Å². The Labute approximate surface area is 808 Å². The molecule has 39 heteroatoms. The largest absolute Gasteiger partial charge is 0.505 e. The molecule has 0 saturated carbocycles. The molecule has 9 rings (SSSR count). The highest BCUT2D eigenvalue weighted by molar-refractivity contribution is 5.76. The van der Waals surface area contributed by atoms with Crippen LogP contribution in [0.1, 0.15) is 115 Å². The predicted octanol–water partition coefficient (Wildman–Crippen LogP) is 8.97. The molecule has 0 saturated heterocycles. The van der Waals surface area contributed by atoms with Crippen LogP contribution in [0.4, 0.5) is 0 Å². The van der Waals surface area contributed by atoms with Crippen molar-refractivity contribution in [1.82, 2.24) is 45.0 Å². The molecule has 0 aliphatic heterocycles. The van der Waals surface area contributed by atoms with Gasteiger partial charge >= 0.3 is 17.9 Å². The second-order valence-corrected chi connectivity index (χ2v) is 34.1. The maximum atomic E-state index is 12.5. The Morgan fingerprint density at radius 3 is 0.543 bits per heavy atom. The number of ether oxygens (including phenoxy) is 21. The van der Waals surface area contributed by atoms with E-state index in [-0.39, 0.29) is 130 Å². The number of aliphatic hydroxyl groups excluding tert-OH is 3. The standard InChI is InChI=1S/C52H68N6O12.C33H49N3O10.C14H30O8/c1-51(2,3)39-33-37(35-45(49(39)61)57-53-41-11-7-8-12-42(41)54-57)15-17-47(59)69-31-29-67-27-25-65-23-21-63-19-20-64-22-24-66-26-28-68-30-32-70-48(60)18-16-38-34-40(52(4,5)6)50(62)46(36-38)58-55-43-13-9-10-14-44(43)56-58;1-33(2,3)27-24-26(25-30(32(27)39)36-34-28-6-4-5-7-29(28)35-36)8-9-31(38)46-23-22-45-21-20-44-19-18-43-17-16-42-15-14-41-13-12-40-11-10-37;15-1-3-17-5-7-19-9-11-21-13-14-22-12-10-20-8-6-18-4-2-16/h7-14,33-36,61-62H,15-32H2,1-6H3;4-7,24-25,37,39H,8-23H2,1-3H3;15-16H,1-14H2. The summed E-state index contributed by atoms with van der Waals surface area (Å²) in [4.78, 5) is 41.8. The third-order valence-corrected chi connectivity index (χ3v) is 20.0. The minimum absolute atomic E-state index is 0.0125. The summed E-state index contributed by atoms with van der Waals surface area (Å²) in [5, 5.41) is 86.2. The second-order valence-electron chi connectivity index (χ2n) is 34.1. The van der Waals surface area contributed by atoms with E-state index >= 15 is 0 Å². The van der Waals surface area contributed by atoms with Gasteiger partial charge in [-0.1, -0.05) is 117 Å². The molecule has 0 amide bonds. The van der Waals surface area contributed by atoms with Gasteiger partial charge in [0.2, 0.25) is 0 Å². The Morgan fingerprint density at radius 2 is 0.391 bits per heavy atom. The van der Waals surface area contributed by atoms with E-state index in [9.17, 15) is 29.7 Å². The SMILES string of the molecule is CC(C)(C)c1cc(CCC(=O)OCCOCCOCCOCCOCCOCCOCCO)cc(-n2nc3ccccc3n2)c1O.CC(C)(C)c1cc(CCC(=O)OCCOCCOCCOCCOCCOCCOCCOC(=O)CCc2cc(-n3nc4ccccc4n3)c(O)c(C(C)(C)C)c2)cc(-n2nc3ccccc3n2)c1O.OCCOCCOCCOCCOCCOCCOCCO. The first-order chi connectivity index (χ1) is 66.9. The highest BCUT2D eigenvalue weighted by atomic mass is 16.6. The van der Waals surface area contributed by atoms with Crippen molar-refractivity contribution in [1.29, 1.82) is 0 Å². The first-order valence-electron chi connectivity index (χ1n) is 47.1. The van der Waals surface area contributed by atoms with E-state index in [0.29, 0.717) is 254 Å². The molecule has 0 unspecified atom stereocenters. The summed E-state index contributed by atoms with van der Waals surface area (Å²) < 4.78 is 113. The van der Waals surface area contributed by atoms with Crippen LogP contribution >= 0.6 is 0 Å². The lowest BCUT2D eigenvalue weighted by molar-refractivity contribution is -0.146. The fourth-order valence-corrected chi connectivity index (χ4v) is 12.9. The molecule has 3 heterocycles. The molecule has 768 valence electrons. The number of aromatic nitrogens is 9. The quantitative estimate of drug-likeness (QED) is 0.0118. The van der Waals surface area contributed by atoms with Crippen LogP contribution in [0.5, 0.6) is 17.2 Å². The molecule has 39 nitrogen and oxygen atoms in total. The van der Waals surface area contributed by atoms with Crippen LogP contribution in [-0.2, 0) is 149 Å². The molecule has 0 aliphatic rings. The number of benzene rings is 6. The highest BCUT2D eigenvalue weighted by Crippen LogP contribution is 2.40. The van der Waals surface area contributed by atoms with E-state index in [1.165, 1.54) is 14.4 Å². The third kappa shape index (κ3) is 46.7. The average molecular weight is 1940 g/mol. The summed E-state index contributed by atoms with van der Waals surface area (Å²) in [7, 11) is 0. The second kappa shape index (κ2) is 67.8. The molecule has 138 heavy (non-hydrogen) atoms. The van der Waals surface area contributed by atoms with Crippen molar-refractivity contribution in [2.45, 2.75) is 117 Å². The number of phenolic OH excluding ortho intramolecular Hbond substituents is 3. The van der Waals surface area contributed by atoms with Gasteiger partial charge in [0.05, 0.1) is 258 Å². The van der Waals surface area contributed by atoms with Crippen LogP contribution in [0.15, 0.2) is 109 Å². The summed E-state index contributed by atoms with van der Waals surface area (Å²) in [6, 6.07) is 33.8. The molecule has 9 aromatic rings. The van der Waals surface area contributed by atoms with Crippen molar-refractivity contribution in [3.8, 4) is 34.3 Å². The van der Waals surface area contributed by atoms with Gasteiger partial charge in [-0.3, -0.25) is 14.4 Å². The van der Waals surface area contributed by atoms with Crippen molar-refractivity contribution >= 4 is 51.0 Å². The number of carbonyl (C=O) groups is 3. The molecule has 0 aliphatic carbocycles. The van der Waals surface area contributed by atoms with Gasteiger partial charge in [0, 0.05) is 36.0 Å². The van der Waals surface area contributed by atoms with Crippen LogP contribution in [0.3, 0.4) is 0 Å². The normalized spacial score (nSPS) is 11.8. The maximum Gasteiger partial charge on any atom is 0.306 e. The van der Waals surface area contributed by atoms with E-state index in [1.54, 1.807) is 0 Å². The molecule has 0 atom stereocenters. The van der Waals surface area contributed by atoms with E-state index in [4.69, 9.17) is 115 Å². The summed E-state index contributed by atoms with van der Waals surface area (Å²) in [6.07, 6.45) is 1.81. The fourth-order valence-electron chi connectivity index (χ4n) is 12.9. The molecule has 6 aromatic carbocycles. The average Bonchev–Trinajstić information content (AvgIpc) is 1.56. The van der Waals surface area contributed by atoms with Gasteiger partial charge in [-0.2, -0.15) is 0 Å². The minimum Gasteiger partial charge on any atom is -0.505 e. The van der Waals surface area contributed by atoms with Crippen LogP contribution in [-0.4, -0.2) is 371 Å². The Kier molecular flexibility index (Phi) is 56.7. The van der Waals surface area contributed by atoms with Gasteiger partial charge in [0.1, 0.15) is 87.2 Å². The van der Waals surface area contributed by atoms with Gasteiger partial charge in [0.15, 0.2) is 0 Å². The van der Waals surface area contributed by atoms with Crippen molar-refractivity contribution in [3.05, 3.63) is 143 Å². The molecule has 6 N–H and O–H groups in total. The number of hydrogen-bond donors (Lipinski definition) is 6. The Balaban J connectivity index is 0.000000325. The number of phenols is 3. The summed E-state index contributed by atoms with van der Waals surface area (Å²) in [5.41, 5.74) is 9.54. The maximum absolute atomic E-state index is 12.5. The number of rotatable bonds is 72. The zero-order valence-corrected chi connectivity index (χ0v) is 81.8. The summed E-state index contributed by atoms with van der Waals surface area (Å²) in [5.74, 6) is -0.667. The van der Waals surface area contributed by atoms with E-state index in [2.05, 4.69) is 30.6 Å². The Hall–Kier alpha value is -9.51. The van der Waals surface area contributed by atoms with Crippen LogP contribution in [0.2, 0.25) is 0 Å².